The minimum atomic E-state index is -1.10. The van der Waals surface area contributed by atoms with Gasteiger partial charge >= 0.3 is 0 Å². The predicted molar refractivity (Wildman–Crippen MR) is 81.8 cm³/mol. The van der Waals surface area contributed by atoms with Crippen molar-refractivity contribution < 1.29 is 14.6 Å². The van der Waals surface area contributed by atoms with Crippen LogP contribution >= 0.6 is 0 Å². The highest BCUT2D eigenvalue weighted by atomic mass is 16.6. The summed E-state index contributed by atoms with van der Waals surface area (Å²) in [6.45, 7) is 0.869. The van der Waals surface area contributed by atoms with Crippen molar-refractivity contribution in [2.45, 2.75) is 56.4 Å². The largest absolute Gasteiger partial charge is 0.356 e. The van der Waals surface area contributed by atoms with Gasteiger partial charge in [0.2, 0.25) is 12.3 Å². The second kappa shape index (κ2) is 7.06. The van der Waals surface area contributed by atoms with Crippen molar-refractivity contribution in [3.05, 3.63) is 12.2 Å². The molecule has 7 heteroatoms. The van der Waals surface area contributed by atoms with E-state index in [0.29, 0.717) is 12.1 Å². The summed E-state index contributed by atoms with van der Waals surface area (Å²) >= 11 is 0. The molecule has 1 amide bonds. The number of nitrogens with zero attached hydrogens (tertiary/aromatic N) is 1. The van der Waals surface area contributed by atoms with E-state index in [0.717, 1.165) is 32.2 Å². The van der Waals surface area contributed by atoms with Gasteiger partial charge in [0.25, 0.3) is 0 Å². The van der Waals surface area contributed by atoms with Crippen LogP contribution in [0.2, 0.25) is 0 Å². The fourth-order valence-corrected chi connectivity index (χ4v) is 3.72. The first-order valence-electron chi connectivity index (χ1n) is 8.10. The van der Waals surface area contributed by atoms with Crippen molar-refractivity contribution in [2.24, 2.45) is 0 Å². The Morgan fingerprint density at radius 1 is 1.41 bits per heavy atom. The Kier molecular flexibility index (Phi) is 5.10. The lowest BCUT2D eigenvalue weighted by molar-refractivity contribution is -0.137. The zero-order valence-corrected chi connectivity index (χ0v) is 13.0. The molecule has 2 fully saturated rings. The summed E-state index contributed by atoms with van der Waals surface area (Å²) in [6.07, 6.45) is 7.66. The highest BCUT2D eigenvalue weighted by molar-refractivity contribution is 5.79. The van der Waals surface area contributed by atoms with E-state index >= 15 is 0 Å². The van der Waals surface area contributed by atoms with Crippen LogP contribution in [0.4, 0.5) is 0 Å². The molecule has 124 valence electrons. The zero-order chi connectivity index (χ0) is 15.5. The number of hydrogen-bond acceptors (Lipinski definition) is 6. The van der Waals surface area contributed by atoms with E-state index in [1.165, 1.54) is 7.11 Å². The molecular formula is C15H26N4O3. The normalized spacial score (nSPS) is 35.6. The van der Waals surface area contributed by atoms with Gasteiger partial charge in [-0.15, -0.1) is 0 Å². The minimum Gasteiger partial charge on any atom is -0.356 e. The smallest absolute Gasteiger partial charge is 0.237 e. The standard InChI is InChI=1S/C15H26N4O3/c1-22-15(21)16-9-13(20)19-8-4-7-12(19)14-17-10-5-2-3-6-11(10)18-14/h2-3,10-12,14-18,21H,4-9H2,1H3/t10-,11+,12-,14?,15-/m0/s1. The van der Waals surface area contributed by atoms with Gasteiger partial charge in [0.1, 0.15) is 0 Å². The Morgan fingerprint density at radius 2 is 2.09 bits per heavy atom. The fraction of sp³-hybridized carbons (Fsp3) is 0.800. The molecule has 0 bridgehead atoms. The molecule has 0 spiro atoms. The number of carbonyl (C=O) groups is 1. The summed E-state index contributed by atoms with van der Waals surface area (Å²) in [4.78, 5) is 14.3. The van der Waals surface area contributed by atoms with E-state index in [4.69, 9.17) is 4.74 Å². The quantitative estimate of drug-likeness (QED) is 0.389. The van der Waals surface area contributed by atoms with E-state index in [1.54, 1.807) is 0 Å². The molecule has 1 aliphatic carbocycles. The molecule has 2 aliphatic heterocycles. The number of amides is 1. The molecule has 0 saturated carbocycles. The number of aliphatic hydroxyl groups is 1. The predicted octanol–water partition coefficient (Wildman–Crippen LogP) is -0.905. The minimum absolute atomic E-state index is 0.00944. The lowest BCUT2D eigenvalue weighted by Crippen LogP contribution is -2.54. The maximum absolute atomic E-state index is 12.4. The van der Waals surface area contributed by atoms with Crippen LogP contribution in [0.1, 0.15) is 25.7 Å². The maximum atomic E-state index is 12.4. The summed E-state index contributed by atoms with van der Waals surface area (Å²) in [5.74, 6) is 0.00944. The van der Waals surface area contributed by atoms with Gasteiger partial charge in [0, 0.05) is 25.7 Å². The topological polar surface area (TPSA) is 85.9 Å². The SMILES string of the molecule is CO[C@H](O)NCC(=O)N1CCC[C@H]1C1N[C@H]2CC=CC[C@H]2N1. The van der Waals surface area contributed by atoms with E-state index in [-0.39, 0.29) is 24.7 Å². The highest BCUT2D eigenvalue weighted by Crippen LogP contribution is 2.25. The number of nitrogens with one attached hydrogen (secondary N) is 3. The Hall–Kier alpha value is -0.990. The van der Waals surface area contributed by atoms with Crippen LogP contribution in [0.25, 0.3) is 0 Å². The van der Waals surface area contributed by atoms with Gasteiger partial charge in [0.15, 0.2) is 0 Å². The van der Waals surface area contributed by atoms with E-state index < -0.39 is 6.41 Å². The van der Waals surface area contributed by atoms with Crippen molar-refractivity contribution in [1.29, 1.82) is 0 Å². The number of aliphatic hydroxyl groups excluding tert-OH is 1. The summed E-state index contributed by atoms with van der Waals surface area (Å²) in [6, 6.07) is 1.13. The monoisotopic (exact) mass is 310 g/mol. The van der Waals surface area contributed by atoms with Gasteiger partial charge in [-0.2, -0.15) is 0 Å². The Bertz CT molecular complexity index is 415. The second-order valence-corrected chi connectivity index (χ2v) is 6.23. The average molecular weight is 310 g/mol. The molecular weight excluding hydrogens is 284 g/mol. The number of fused-ring (bicyclic) bond motifs is 1. The number of methoxy groups -OCH3 is 1. The van der Waals surface area contributed by atoms with E-state index in [2.05, 4.69) is 28.1 Å². The molecule has 0 aromatic rings. The first kappa shape index (κ1) is 15.9. The molecule has 3 aliphatic rings. The van der Waals surface area contributed by atoms with Gasteiger partial charge in [-0.25, -0.2) is 0 Å². The lowest BCUT2D eigenvalue weighted by Gasteiger charge is -2.30. The molecule has 1 unspecified atom stereocenters. The molecule has 2 saturated heterocycles. The first-order chi connectivity index (χ1) is 10.7. The van der Waals surface area contributed by atoms with Crippen molar-refractivity contribution in [1.82, 2.24) is 20.9 Å². The van der Waals surface area contributed by atoms with Crippen molar-refractivity contribution >= 4 is 5.91 Å². The summed E-state index contributed by atoms with van der Waals surface area (Å²) in [5.41, 5.74) is 0. The molecule has 7 nitrogen and oxygen atoms in total. The van der Waals surface area contributed by atoms with Crippen LogP contribution in [-0.4, -0.2) is 66.8 Å². The Labute approximate surface area is 131 Å². The summed E-state index contributed by atoms with van der Waals surface area (Å²) in [7, 11) is 1.39. The summed E-state index contributed by atoms with van der Waals surface area (Å²) < 4.78 is 4.70. The number of ether oxygens (including phenoxy) is 1. The maximum Gasteiger partial charge on any atom is 0.237 e. The van der Waals surface area contributed by atoms with Gasteiger partial charge in [-0.05, 0) is 25.7 Å². The third-order valence-electron chi connectivity index (χ3n) is 4.88. The number of hydrogen-bond donors (Lipinski definition) is 4. The van der Waals surface area contributed by atoms with E-state index in [1.807, 2.05) is 4.90 Å². The van der Waals surface area contributed by atoms with Crippen molar-refractivity contribution in [3.63, 3.8) is 0 Å². The Morgan fingerprint density at radius 3 is 2.73 bits per heavy atom. The van der Waals surface area contributed by atoms with Crippen LogP contribution in [-0.2, 0) is 9.53 Å². The van der Waals surface area contributed by atoms with Crippen LogP contribution in [0.3, 0.4) is 0 Å². The van der Waals surface area contributed by atoms with Crippen LogP contribution in [0, 0.1) is 0 Å². The molecule has 0 aromatic carbocycles. The second-order valence-electron chi connectivity index (χ2n) is 6.23. The zero-order valence-electron chi connectivity index (χ0n) is 13.0. The van der Waals surface area contributed by atoms with Gasteiger partial charge in [0.05, 0.1) is 18.8 Å². The van der Waals surface area contributed by atoms with Crippen LogP contribution < -0.4 is 16.0 Å². The van der Waals surface area contributed by atoms with Crippen molar-refractivity contribution in [2.75, 3.05) is 20.2 Å². The van der Waals surface area contributed by atoms with Gasteiger partial charge in [-0.1, -0.05) is 12.2 Å². The molecule has 0 aromatic heterocycles. The van der Waals surface area contributed by atoms with Crippen LogP contribution in [0.5, 0.6) is 0 Å². The first-order valence-corrected chi connectivity index (χ1v) is 8.10. The third-order valence-corrected chi connectivity index (χ3v) is 4.88. The number of rotatable bonds is 5. The average Bonchev–Trinajstić information content (AvgIpc) is 3.17. The van der Waals surface area contributed by atoms with Gasteiger partial charge in [-0.3, -0.25) is 20.7 Å². The molecule has 22 heavy (non-hydrogen) atoms. The van der Waals surface area contributed by atoms with Gasteiger partial charge < -0.3 is 14.7 Å². The number of carbonyl (C=O) groups excluding carboxylic acids is 1. The fourth-order valence-electron chi connectivity index (χ4n) is 3.72. The molecule has 4 N–H and O–H groups in total. The molecule has 3 rings (SSSR count). The number of likely N-dealkylation sites (tertiary alicyclic amines) is 1. The third kappa shape index (κ3) is 3.33. The Balaban J connectivity index is 1.55. The lowest BCUT2D eigenvalue weighted by atomic mass is 9.98. The van der Waals surface area contributed by atoms with Crippen molar-refractivity contribution in [3.8, 4) is 0 Å². The van der Waals surface area contributed by atoms with Crippen LogP contribution in [0.15, 0.2) is 12.2 Å². The summed E-state index contributed by atoms with van der Waals surface area (Å²) in [5, 5.41) is 19.3. The molecule has 0 radical (unpaired) electrons. The molecule has 5 atom stereocenters. The molecule has 2 heterocycles. The van der Waals surface area contributed by atoms with E-state index in [9.17, 15) is 9.90 Å². The highest BCUT2D eigenvalue weighted by Gasteiger charge is 2.41.